The van der Waals surface area contributed by atoms with Crippen LogP contribution in [0.1, 0.15) is 10.4 Å². The summed E-state index contributed by atoms with van der Waals surface area (Å²) < 4.78 is 12.5. The lowest BCUT2D eigenvalue weighted by Crippen LogP contribution is -2.19. The molecule has 166 valence electrons. The van der Waals surface area contributed by atoms with Crippen LogP contribution >= 0.6 is 11.8 Å². The summed E-state index contributed by atoms with van der Waals surface area (Å²) >= 11 is 1.22. The molecule has 9 nitrogen and oxygen atoms in total. The molecule has 10 heteroatoms. The fourth-order valence-corrected chi connectivity index (χ4v) is 3.75. The number of para-hydroxylation sites is 1. The first-order valence-electron chi connectivity index (χ1n) is 9.56. The Morgan fingerprint density at radius 1 is 1.16 bits per heavy atom. The van der Waals surface area contributed by atoms with Crippen molar-refractivity contribution >= 4 is 29.3 Å². The molecular formula is C22H23N5O4S. The Morgan fingerprint density at radius 3 is 2.59 bits per heavy atom. The molecule has 3 aromatic rings. The van der Waals surface area contributed by atoms with Crippen LogP contribution in [0.25, 0.3) is 11.4 Å². The van der Waals surface area contributed by atoms with Gasteiger partial charge in [0.05, 0.1) is 31.2 Å². The molecule has 3 rings (SSSR count). The number of hydrogen-bond acceptors (Lipinski definition) is 7. The van der Waals surface area contributed by atoms with Crippen LogP contribution in [0.3, 0.4) is 0 Å². The van der Waals surface area contributed by atoms with E-state index in [0.717, 1.165) is 5.56 Å². The summed E-state index contributed by atoms with van der Waals surface area (Å²) in [6, 6.07) is 12.0. The van der Waals surface area contributed by atoms with Gasteiger partial charge in [-0.15, -0.1) is 16.8 Å². The zero-order valence-corrected chi connectivity index (χ0v) is 18.5. The average molecular weight is 454 g/mol. The number of rotatable bonds is 10. The van der Waals surface area contributed by atoms with Gasteiger partial charge in [0.25, 0.3) is 5.91 Å². The minimum absolute atomic E-state index is 0.0638. The highest BCUT2D eigenvalue weighted by atomic mass is 32.2. The molecule has 0 fully saturated rings. The summed E-state index contributed by atoms with van der Waals surface area (Å²) in [5.41, 5.74) is 6.76. The molecule has 2 amide bonds. The van der Waals surface area contributed by atoms with Crippen LogP contribution in [0, 0.1) is 0 Å². The van der Waals surface area contributed by atoms with E-state index in [1.807, 2.05) is 16.7 Å². The molecule has 2 aromatic carbocycles. The van der Waals surface area contributed by atoms with Gasteiger partial charge < -0.3 is 20.5 Å². The smallest absolute Gasteiger partial charge is 0.250 e. The number of ether oxygens (including phenoxy) is 2. The first-order chi connectivity index (χ1) is 15.5. The van der Waals surface area contributed by atoms with Crippen molar-refractivity contribution in [3.05, 3.63) is 60.7 Å². The van der Waals surface area contributed by atoms with Crippen LogP contribution in [0.5, 0.6) is 11.5 Å². The zero-order chi connectivity index (χ0) is 23.1. The van der Waals surface area contributed by atoms with E-state index in [-0.39, 0.29) is 17.2 Å². The molecule has 0 saturated carbocycles. The summed E-state index contributed by atoms with van der Waals surface area (Å²) in [7, 11) is 3.13. The number of methoxy groups -OCH3 is 2. The molecule has 0 radical (unpaired) electrons. The van der Waals surface area contributed by atoms with Crippen LogP contribution in [-0.4, -0.2) is 46.6 Å². The second-order valence-electron chi connectivity index (χ2n) is 6.52. The van der Waals surface area contributed by atoms with Crippen molar-refractivity contribution in [2.75, 3.05) is 25.3 Å². The molecule has 0 saturated heterocycles. The highest BCUT2D eigenvalue weighted by molar-refractivity contribution is 7.99. The number of benzene rings is 2. The maximum atomic E-state index is 12.5. The molecule has 3 N–H and O–H groups in total. The van der Waals surface area contributed by atoms with Gasteiger partial charge in [0.2, 0.25) is 5.91 Å². The van der Waals surface area contributed by atoms with E-state index in [0.29, 0.717) is 34.7 Å². The first kappa shape index (κ1) is 22.9. The molecule has 32 heavy (non-hydrogen) atoms. The molecule has 0 bridgehead atoms. The normalized spacial score (nSPS) is 10.4. The molecule has 1 heterocycles. The number of carbonyl (C=O) groups is 2. The summed E-state index contributed by atoms with van der Waals surface area (Å²) in [6.45, 7) is 4.25. The number of anilines is 1. The fourth-order valence-electron chi connectivity index (χ4n) is 3.00. The van der Waals surface area contributed by atoms with E-state index in [1.165, 1.54) is 11.8 Å². The van der Waals surface area contributed by atoms with Crippen molar-refractivity contribution in [1.82, 2.24) is 14.8 Å². The lowest BCUT2D eigenvalue weighted by molar-refractivity contribution is -0.113. The van der Waals surface area contributed by atoms with Crippen molar-refractivity contribution in [2.45, 2.75) is 11.7 Å². The van der Waals surface area contributed by atoms with Gasteiger partial charge in [0.15, 0.2) is 22.5 Å². The number of nitrogens with two attached hydrogens (primary N) is 1. The number of nitrogens with zero attached hydrogens (tertiary/aromatic N) is 3. The van der Waals surface area contributed by atoms with Gasteiger partial charge in [-0.2, -0.15) is 0 Å². The third-order valence-corrected chi connectivity index (χ3v) is 5.44. The lowest BCUT2D eigenvalue weighted by atomic mass is 10.1. The van der Waals surface area contributed by atoms with Gasteiger partial charge in [-0.1, -0.05) is 30.0 Å². The van der Waals surface area contributed by atoms with Crippen molar-refractivity contribution < 1.29 is 19.1 Å². The molecule has 0 unspecified atom stereocenters. The predicted octanol–water partition coefficient (Wildman–Crippen LogP) is 2.98. The number of primary amides is 1. The van der Waals surface area contributed by atoms with Gasteiger partial charge in [-0.05, 0) is 30.3 Å². The quantitative estimate of drug-likeness (QED) is 0.357. The molecule has 0 aliphatic heterocycles. The standard InChI is InChI=1S/C22H23N5O4S/c1-4-11-27-21(14-9-10-17(30-2)18(12-14)31-3)25-26-22(27)32-13-19(28)24-16-8-6-5-7-15(16)20(23)29/h4-10,12H,1,11,13H2,2-3H3,(H2,23,29)(H,24,28). The molecular weight excluding hydrogens is 430 g/mol. The van der Waals surface area contributed by atoms with E-state index >= 15 is 0 Å². The van der Waals surface area contributed by atoms with Crippen LogP contribution < -0.4 is 20.5 Å². The molecule has 0 aliphatic carbocycles. The van der Waals surface area contributed by atoms with Gasteiger partial charge in [0, 0.05) is 12.1 Å². The summed E-state index contributed by atoms with van der Waals surface area (Å²) in [5, 5.41) is 11.8. The Kier molecular flexibility index (Phi) is 7.50. The predicted molar refractivity (Wildman–Crippen MR) is 123 cm³/mol. The third kappa shape index (κ3) is 5.09. The lowest BCUT2D eigenvalue weighted by Gasteiger charge is -2.11. The first-order valence-corrected chi connectivity index (χ1v) is 10.5. The molecule has 0 spiro atoms. The SMILES string of the molecule is C=CCn1c(SCC(=O)Nc2ccccc2C(N)=O)nnc1-c1ccc(OC)c(OC)c1. The maximum absolute atomic E-state index is 12.5. The number of nitrogens with one attached hydrogen (secondary N) is 1. The zero-order valence-electron chi connectivity index (χ0n) is 17.7. The van der Waals surface area contributed by atoms with E-state index in [1.54, 1.807) is 50.6 Å². The number of amides is 2. The number of hydrogen-bond donors (Lipinski definition) is 2. The Labute approximate surface area is 189 Å². The Balaban J connectivity index is 1.78. The summed E-state index contributed by atoms with van der Waals surface area (Å²) in [4.78, 5) is 24.0. The molecule has 0 aliphatic rings. The van der Waals surface area contributed by atoms with Crippen molar-refractivity contribution in [3.8, 4) is 22.9 Å². The largest absolute Gasteiger partial charge is 0.493 e. The molecule has 0 atom stereocenters. The maximum Gasteiger partial charge on any atom is 0.250 e. The van der Waals surface area contributed by atoms with E-state index in [9.17, 15) is 9.59 Å². The number of aromatic nitrogens is 3. The molecule has 1 aromatic heterocycles. The summed E-state index contributed by atoms with van der Waals surface area (Å²) in [5.74, 6) is 0.929. The topological polar surface area (TPSA) is 121 Å². The van der Waals surface area contributed by atoms with Crippen molar-refractivity contribution in [2.24, 2.45) is 5.73 Å². The minimum atomic E-state index is -0.612. The Hall–Kier alpha value is -3.79. The fraction of sp³-hybridized carbons (Fsp3) is 0.182. The highest BCUT2D eigenvalue weighted by Crippen LogP contribution is 2.33. The number of thioether (sulfide) groups is 1. The van der Waals surface area contributed by atoms with Crippen molar-refractivity contribution in [3.63, 3.8) is 0 Å². The third-order valence-electron chi connectivity index (χ3n) is 4.47. The summed E-state index contributed by atoms with van der Waals surface area (Å²) in [6.07, 6.45) is 1.72. The minimum Gasteiger partial charge on any atom is -0.493 e. The van der Waals surface area contributed by atoms with E-state index < -0.39 is 5.91 Å². The van der Waals surface area contributed by atoms with Crippen LogP contribution in [0.15, 0.2) is 60.3 Å². The van der Waals surface area contributed by atoms with Crippen molar-refractivity contribution in [1.29, 1.82) is 0 Å². The Bertz CT molecular complexity index is 1150. The van der Waals surface area contributed by atoms with Gasteiger partial charge in [0.1, 0.15) is 0 Å². The average Bonchev–Trinajstić information content (AvgIpc) is 3.20. The van der Waals surface area contributed by atoms with Gasteiger partial charge in [-0.25, -0.2) is 0 Å². The van der Waals surface area contributed by atoms with E-state index in [2.05, 4.69) is 22.1 Å². The second-order valence-corrected chi connectivity index (χ2v) is 7.46. The number of allylic oxidation sites excluding steroid dienone is 1. The Morgan fingerprint density at radius 2 is 1.91 bits per heavy atom. The number of carbonyl (C=O) groups excluding carboxylic acids is 2. The van der Waals surface area contributed by atoms with Crippen LogP contribution in [-0.2, 0) is 11.3 Å². The van der Waals surface area contributed by atoms with Gasteiger partial charge >= 0.3 is 0 Å². The van der Waals surface area contributed by atoms with Crippen LogP contribution in [0.4, 0.5) is 5.69 Å². The second kappa shape index (κ2) is 10.5. The van der Waals surface area contributed by atoms with E-state index in [4.69, 9.17) is 15.2 Å². The highest BCUT2D eigenvalue weighted by Gasteiger charge is 2.17. The van der Waals surface area contributed by atoms with Gasteiger partial charge in [-0.3, -0.25) is 14.2 Å². The van der Waals surface area contributed by atoms with Crippen LogP contribution in [0.2, 0.25) is 0 Å². The monoisotopic (exact) mass is 453 g/mol.